The van der Waals surface area contributed by atoms with Gasteiger partial charge in [-0.2, -0.15) is 0 Å². The van der Waals surface area contributed by atoms with Gasteiger partial charge in [-0.05, 0) is 19.1 Å². The van der Waals surface area contributed by atoms with Crippen LogP contribution in [0.15, 0.2) is 12.1 Å². The number of nitrogen functional groups attached to an aromatic ring is 1. The molecule has 0 aliphatic rings. The zero-order chi connectivity index (χ0) is 10.0. The van der Waals surface area contributed by atoms with Crippen LogP contribution >= 0.6 is 0 Å². The highest BCUT2D eigenvalue weighted by molar-refractivity contribution is 5.66. The summed E-state index contributed by atoms with van der Waals surface area (Å²) in [5.74, 6) is 0.473. The van der Waals surface area contributed by atoms with Crippen molar-refractivity contribution < 1.29 is 9.66 Å². The third-order valence-corrected chi connectivity index (χ3v) is 1.81. The number of hydrogen-bond donors (Lipinski definition) is 1. The summed E-state index contributed by atoms with van der Waals surface area (Å²) in [5, 5.41) is 10.6. The molecule has 0 spiro atoms. The molecule has 0 bridgehead atoms. The maximum Gasteiger partial charge on any atom is 0.298 e. The van der Waals surface area contributed by atoms with E-state index in [0.717, 1.165) is 0 Å². The van der Waals surface area contributed by atoms with E-state index in [4.69, 9.17) is 10.5 Å². The van der Waals surface area contributed by atoms with Crippen molar-refractivity contribution in [1.82, 2.24) is 0 Å². The predicted octanol–water partition coefficient (Wildman–Crippen LogP) is 1.49. The van der Waals surface area contributed by atoms with Crippen molar-refractivity contribution in [1.29, 1.82) is 0 Å². The molecule has 0 aromatic heterocycles. The fourth-order valence-electron chi connectivity index (χ4n) is 1.17. The van der Waals surface area contributed by atoms with Gasteiger partial charge in [-0.1, -0.05) is 0 Å². The molecule has 0 fully saturated rings. The minimum absolute atomic E-state index is 0.0839. The smallest absolute Gasteiger partial charge is 0.298 e. The normalized spacial score (nSPS) is 9.69. The standard InChI is InChI=1S/C8H10N2O3/c1-5-7(13-2)4-3-6(9)8(5)10(11)12/h3-4H,9H2,1-2H3. The molecule has 5 heteroatoms. The van der Waals surface area contributed by atoms with Crippen LogP contribution in [0.3, 0.4) is 0 Å². The van der Waals surface area contributed by atoms with Gasteiger partial charge in [-0.25, -0.2) is 0 Å². The maximum atomic E-state index is 10.6. The summed E-state index contributed by atoms with van der Waals surface area (Å²) in [6, 6.07) is 3.07. The van der Waals surface area contributed by atoms with E-state index in [1.54, 1.807) is 13.0 Å². The highest BCUT2D eigenvalue weighted by Crippen LogP contribution is 2.32. The molecule has 1 rings (SSSR count). The van der Waals surface area contributed by atoms with Crippen LogP contribution in [-0.4, -0.2) is 12.0 Å². The van der Waals surface area contributed by atoms with E-state index in [2.05, 4.69) is 0 Å². The average Bonchev–Trinajstić information content (AvgIpc) is 2.04. The Morgan fingerprint density at radius 2 is 2.15 bits per heavy atom. The van der Waals surface area contributed by atoms with E-state index in [9.17, 15) is 10.1 Å². The molecule has 0 atom stereocenters. The van der Waals surface area contributed by atoms with Crippen molar-refractivity contribution in [2.75, 3.05) is 12.8 Å². The number of methoxy groups -OCH3 is 1. The predicted molar refractivity (Wildman–Crippen MR) is 48.8 cm³/mol. The quantitative estimate of drug-likeness (QED) is 0.427. The molecule has 1 aromatic rings. The molecular formula is C8H10N2O3. The van der Waals surface area contributed by atoms with Crippen molar-refractivity contribution in [3.05, 3.63) is 27.8 Å². The third-order valence-electron chi connectivity index (χ3n) is 1.81. The number of nitro groups is 1. The summed E-state index contributed by atoms with van der Waals surface area (Å²) >= 11 is 0. The minimum Gasteiger partial charge on any atom is -0.496 e. The van der Waals surface area contributed by atoms with Gasteiger partial charge in [0.1, 0.15) is 11.4 Å². The maximum absolute atomic E-state index is 10.6. The molecule has 0 saturated heterocycles. The first kappa shape index (κ1) is 9.31. The molecule has 2 N–H and O–H groups in total. The first-order chi connectivity index (χ1) is 6.07. The molecule has 0 unspecified atom stereocenters. The van der Waals surface area contributed by atoms with Gasteiger partial charge in [0.25, 0.3) is 5.69 Å². The van der Waals surface area contributed by atoms with Gasteiger partial charge in [0.2, 0.25) is 0 Å². The molecule has 5 nitrogen and oxygen atoms in total. The van der Waals surface area contributed by atoms with Crippen LogP contribution in [0.4, 0.5) is 11.4 Å². The number of nitro benzene ring substituents is 1. The van der Waals surface area contributed by atoms with Gasteiger partial charge in [-0.15, -0.1) is 0 Å². The van der Waals surface area contributed by atoms with E-state index in [0.29, 0.717) is 11.3 Å². The molecule has 0 radical (unpaired) electrons. The van der Waals surface area contributed by atoms with E-state index in [-0.39, 0.29) is 11.4 Å². The summed E-state index contributed by atoms with van der Waals surface area (Å²) in [6.45, 7) is 1.60. The summed E-state index contributed by atoms with van der Waals surface area (Å²) in [6.07, 6.45) is 0. The molecule has 0 heterocycles. The largest absolute Gasteiger partial charge is 0.496 e. The Morgan fingerprint density at radius 3 is 2.62 bits per heavy atom. The Labute approximate surface area is 75.3 Å². The zero-order valence-corrected chi connectivity index (χ0v) is 7.40. The molecule has 0 amide bonds. The minimum atomic E-state index is -0.507. The van der Waals surface area contributed by atoms with Crippen LogP contribution in [0, 0.1) is 17.0 Å². The Hall–Kier alpha value is -1.78. The van der Waals surface area contributed by atoms with Crippen LogP contribution < -0.4 is 10.5 Å². The highest BCUT2D eigenvalue weighted by atomic mass is 16.6. The average molecular weight is 182 g/mol. The van der Waals surface area contributed by atoms with Crippen molar-refractivity contribution in [2.24, 2.45) is 0 Å². The number of anilines is 1. The lowest BCUT2D eigenvalue weighted by Crippen LogP contribution is -1.99. The van der Waals surface area contributed by atoms with Gasteiger partial charge in [0, 0.05) is 0 Å². The van der Waals surface area contributed by atoms with Crippen LogP contribution in [0.2, 0.25) is 0 Å². The molecule has 0 saturated carbocycles. The second-order valence-corrected chi connectivity index (χ2v) is 2.59. The number of nitrogens with two attached hydrogens (primary N) is 1. The summed E-state index contributed by atoms with van der Waals surface area (Å²) in [4.78, 5) is 10.1. The first-order valence-corrected chi connectivity index (χ1v) is 3.65. The molecule has 70 valence electrons. The first-order valence-electron chi connectivity index (χ1n) is 3.65. The van der Waals surface area contributed by atoms with Crippen LogP contribution in [0.25, 0.3) is 0 Å². The van der Waals surface area contributed by atoms with Crippen molar-refractivity contribution in [2.45, 2.75) is 6.92 Å². The van der Waals surface area contributed by atoms with Crippen molar-refractivity contribution in [3.63, 3.8) is 0 Å². The van der Waals surface area contributed by atoms with Crippen LogP contribution in [0.1, 0.15) is 5.56 Å². The lowest BCUT2D eigenvalue weighted by molar-refractivity contribution is -0.384. The number of ether oxygens (including phenoxy) is 1. The second kappa shape index (κ2) is 3.30. The second-order valence-electron chi connectivity index (χ2n) is 2.59. The molecule has 0 aliphatic heterocycles. The molecule has 1 aromatic carbocycles. The van der Waals surface area contributed by atoms with Gasteiger partial charge in [0.05, 0.1) is 17.6 Å². The fourth-order valence-corrected chi connectivity index (χ4v) is 1.17. The highest BCUT2D eigenvalue weighted by Gasteiger charge is 2.18. The fraction of sp³-hybridized carbons (Fsp3) is 0.250. The van der Waals surface area contributed by atoms with Gasteiger partial charge < -0.3 is 10.5 Å². The van der Waals surface area contributed by atoms with Gasteiger partial charge in [-0.3, -0.25) is 10.1 Å². The van der Waals surface area contributed by atoms with E-state index >= 15 is 0 Å². The molecule has 13 heavy (non-hydrogen) atoms. The number of rotatable bonds is 2. The number of benzene rings is 1. The van der Waals surface area contributed by atoms with Gasteiger partial charge >= 0.3 is 0 Å². The Kier molecular flexibility index (Phi) is 2.36. The lowest BCUT2D eigenvalue weighted by atomic mass is 10.1. The Bertz CT molecular complexity index is 349. The summed E-state index contributed by atoms with van der Waals surface area (Å²) in [5.41, 5.74) is 5.97. The van der Waals surface area contributed by atoms with E-state index in [1.165, 1.54) is 13.2 Å². The number of hydrogen-bond acceptors (Lipinski definition) is 4. The Balaban J connectivity index is 3.38. The third kappa shape index (κ3) is 1.53. The van der Waals surface area contributed by atoms with Crippen molar-refractivity contribution in [3.8, 4) is 5.75 Å². The zero-order valence-electron chi connectivity index (χ0n) is 7.40. The van der Waals surface area contributed by atoms with Crippen LogP contribution in [0.5, 0.6) is 5.75 Å². The molecular weight excluding hydrogens is 172 g/mol. The van der Waals surface area contributed by atoms with Gasteiger partial charge in [0.15, 0.2) is 0 Å². The number of nitrogens with zero attached hydrogens (tertiary/aromatic N) is 1. The van der Waals surface area contributed by atoms with E-state index < -0.39 is 4.92 Å². The van der Waals surface area contributed by atoms with Crippen LogP contribution in [-0.2, 0) is 0 Å². The Morgan fingerprint density at radius 1 is 1.54 bits per heavy atom. The van der Waals surface area contributed by atoms with Crippen molar-refractivity contribution >= 4 is 11.4 Å². The topological polar surface area (TPSA) is 78.4 Å². The monoisotopic (exact) mass is 182 g/mol. The SMILES string of the molecule is COc1ccc(N)c([N+](=O)[O-])c1C. The molecule has 0 aliphatic carbocycles. The summed E-state index contributed by atoms with van der Waals surface area (Å²) in [7, 11) is 1.46. The summed E-state index contributed by atoms with van der Waals surface area (Å²) < 4.78 is 4.93. The lowest BCUT2D eigenvalue weighted by Gasteiger charge is -2.05. The van der Waals surface area contributed by atoms with E-state index in [1.807, 2.05) is 0 Å².